The highest BCUT2D eigenvalue weighted by atomic mass is 16.7. The quantitative estimate of drug-likeness (QED) is 0.531. The van der Waals surface area contributed by atoms with E-state index in [-0.39, 0.29) is 18.7 Å². The molecule has 88 valence electrons. The molecule has 2 N–H and O–H groups in total. The fraction of sp³-hybridized carbons (Fsp3) is 0.900. The van der Waals surface area contributed by atoms with Gasteiger partial charge in [-0.05, 0) is 40.2 Å². The molecule has 0 aromatic heterocycles. The molecule has 5 nitrogen and oxygen atoms in total. The van der Waals surface area contributed by atoms with Gasteiger partial charge in [-0.2, -0.15) is 5.48 Å². The fourth-order valence-corrected chi connectivity index (χ4v) is 1.36. The van der Waals surface area contributed by atoms with Crippen LogP contribution in [0, 0.1) is 0 Å². The van der Waals surface area contributed by atoms with Crippen LogP contribution in [-0.4, -0.2) is 30.9 Å². The van der Waals surface area contributed by atoms with Gasteiger partial charge in [-0.3, -0.25) is 4.84 Å². The number of ether oxygens (including phenoxy) is 1. The molecule has 0 aliphatic carbocycles. The molecular formula is C10H20N2O3. The highest BCUT2D eigenvalue weighted by Crippen LogP contribution is 2.06. The van der Waals surface area contributed by atoms with Crippen LogP contribution in [0.2, 0.25) is 0 Å². The number of rotatable bonds is 4. The number of esters is 1. The Hall–Kier alpha value is -0.650. The molecule has 0 aromatic carbocycles. The van der Waals surface area contributed by atoms with Gasteiger partial charge in [0.05, 0.1) is 6.17 Å². The number of nitrogens with one attached hydrogen (secondary N) is 2. The van der Waals surface area contributed by atoms with Crippen molar-refractivity contribution in [2.24, 2.45) is 0 Å². The monoisotopic (exact) mass is 216 g/mol. The van der Waals surface area contributed by atoms with Crippen molar-refractivity contribution in [2.45, 2.75) is 45.4 Å². The summed E-state index contributed by atoms with van der Waals surface area (Å²) in [6, 6.07) is 0. The van der Waals surface area contributed by atoms with E-state index in [2.05, 4.69) is 10.8 Å². The van der Waals surface area contributed by atoms with E-state index in [0.717, 1.165) is 19.4 Å². The molecule has 0 unspecified atom stereocenters. The Morgan fingerprint density at radius 1 is 1.53 bits per heavy atom. The number of hydrogen-bond donors (Lipinski definition) is 2. The van der Waals surface area contributed by atoms with Gasteiger partial charge in [0, 0.05) is 0 Å². The van der Waals surface area contributed by atoms with Crippen LogP contribution in [0.3, 0.4) is 0 Å². The van der Waals surface area contributed by atoms with E-state index in [1.54, 1.807) is 0 Å². The summed E-state index contributed by atoms with van der Waals surface area (Å²) in [6.45, 7) is 6.42. The zero-order valence-electron chi connectivity index (χ0n) is 9.63. The Morgan fingerprint density at radius 3 is 2.80 bits per heavy atom. The molecule has 15 heavy (non-hydrogen) atoms. The van der Waals surface area contributed by atoms with E-state index in [9.17, 15) is 4.79 Å². The number of carbonyl (C=O) groups excluding carboxylic acids is 1. The van der Waals surface area contributed by atoms with Crippen LogP contribution in [0.25, 0.3) is 0 Å². The van der Waals surface area contributed by atoms with Crippen LogP contribution >= 0.6 is 0 Å². The summed E-state index contributed by atoms with van der Waals surface area (Å²) in [5.74, 6) is -0.354. The summed E-state index contributed by atoms with van der Waals surface area (Å²) in [6.07, 6.45) is 2.31. The summed E-state index contributed by atoms with van der Waals surface area (Å²) >= 11 is 0. The molecule has 0 aromatic rings. The maximum absolute atomic E-state index is 11.2. The van der Waals surface area contributed by atoms with Gasteiger partial charge in [0.2, 0.25) is 0 Å². The zero-order valence-corrected chi connectivity index (χ0v) is 9.63. The first-order valence-corrected chi connectivity index (χ1v) is 5.30. The molecule has 0 bridgehead atoms. The maximum atomic E-state index is 11.2. The van der Waals surface area contributed by atoms with E-state index in [1.165, 1.54) is 0 Å². The highest BCUT2D eigenvalue weighted by Gasteiger charge is 2.17. The van der Waals surface area contributed by atoms with Crippen LogP contribution in [-0.2, 0) is 14.4 Å². The molecule has 5 heteroatoms. The Balaban J connectivity index is 2.06. The molecule has 0 amide bonds. The largest absolute Gasteiger partial charge is 0.458 e. The SMILES string of the molecule is CC(C)(C)OC(=O)CON[C@@H]1CCCN1. The van der Waals surface area contributed by atoms with Gasteiger partial charge in [-0.1, -0.05) is 0 Å². The second-order valence-electron chi connectivity index (χ2n) is 4.64. The fourth-order valence-electron chi connectivity index (χ4n) is 1.36. The zero-order chi connectivity index (χ0) is 11.3. The van der Waals surface area contributed by atoms with Gasteiger partial charge >= 0.3 is 5.97 Å². The predicted molar refractivity (Wildman–Crippen MR) is 56.0 cm³/mol. The van der Waals surface area contributed by atoms with Crippen molar-refractivity contribution in [3.8, 4) is 0 Å². The van der Waals surface area contributed by atoms with E-state index < -0.39 is 5.60 Å². The van der Waals surface area contributed by atoms with Crippen molar-refractivity contribution in [3.05, 3.63) is 0 Å². The second-order valence-corrected chi connectivity index (χ2v) is 4.64. The van der Waals surface area contributed by atoms with Gasteiger partial charge in [-0.25, -0.2) is 4.79 Å². The average Bonchev–Trinajstić information content (AvgIpc) is 2.53. The average molecular weight is 216 g/mol. The van der Waals surface area contributed by atoms with Crippen molar-refractivity contribution in [3.63, 3.8) is 0 Å². The van der Waals surface area contributed by atoms with Crippen molar-refractivity contribution in [1.82, 2.24) is 10.8 Å². The summed E-state index contributed by atoms with van der Waals surface area (Å²) in [5, 5.41) is 3.19. The normalized spacial score (nSPS) is 21.7. The highest BCUT2D eigenvalue weighted by molar-refractivity contribution is 5.71. The van der Waals surface area contributed by atoms with Crippen LogP contribution < -0.4 is 10.8 Å². The van der Waals surface area contributed by atoms with Gasteiger partial charge in [0.15, 0.2) is 6.61 Å². The van der Waals surface area contributed by atoms with E-state index in [1.807, 2.05) is 20.8 Å². The summed E-state index contributed by atoms with van der Waals surface area (Å²) in [7, 11) is 0. The third-order valence-corrected chi connectivity index (χ3v) is 1.90. The molecule has 0 spiro atoms. The second kappa shape index (κ2) is 5.44. The Kier molecular flexibility index (Phi) is 4.50. The van der Waals surface area contributed by atoms with E-state index >= 15 is 0 Å². The summed E-state index contributed by atoms with van der Waals surface area (Å²) < 4.78 is 5.08. The van der Waals surface area contributed by atoms with E-state index in [0.29, 0.717) is 0 Å². The van der Waals surface area contributed by atoms with Gasteiger partial charge in [-0.15, -0.1) is 0 Å². The lowest BCUT2D eigenvalue weighted by atomic mass is 10.2. The Morgan fingerprint density at radius 2 is 2.27 bits per heavy atom. The van der Waals surface area contributed by atoms with Crippen molar-refractivity contribution < 1.29 is 14.4 Å². The third-order valence-electron chi connectivity index (χ3n) is 1.90. The molecule has 1 aliphatic rings. The summed E-state index contributed by atoms with van der Waals surface area (Å²) in [5.41, 5.74) is 2.33. The third kappa shape index (κ3) is 5.71. The lowest BCUT2D eigenvalue weighted by molar-refractivity contribution is -0.163. The molecule has 1 fully saturated rings. The lowest BCUT2D eigenvalue weighted by Crippen LogP contribution is -2.39. The Labute approximate surface area is 90.5 Å². The lowest BCUT2D eigenvalue weighted by Gasteiger charge is -2.19. The number of hydrogen-bond acceptors (Lipinski definition) is 5. The molecule has 0 saturated carbocycles. The molecule has 1 saturated heterocycles. The van der Waals surface area contributed by atoms with Crippen LogP contribution in [0.1, 0.15) is 33.6 Å². The minimum absolute atomic E-state index is 0.0601. The molecule has 1 rings (SSSR count). The smallest absolute Gasteiger partial charge is 0.334 e. The first-order valence-electron chi connectivity index (χ1n) is 5.30. The first kappa shape index (κ1) is 12.4. The van der Waals surface area contributed by atoms with Crippen LogP contribution in [0.15, 0.2) is 0 Å². The van der Waals surface area contributed by atoms with Crippen LogP contribution in [0.5, 0.6) is 0 Å². The topological polar surface area (TPSA) is 59.6 Å². The van der Waals surface area contributed by atoms with Gasteiger partial charge < -0.3 is 10.1 Å². The maximum Gasteiger partial charge on any atom is 0.334 e. The number of hydroxylamine groups is 1. The van der Waals surface area contributed by atoms with Crippen molar-refractivity contribution in [2.75, 3.05) is 13.2 Å². The molecular weight excluding hydrogens is 196 g/mol. The van der Waals surface area contributed by atoms with Crippen LogP contribution in [0.4, 0.5) is 0 Å². The summed E-state index contributed by atoms with van der Waals surface area (Å²) in [4.78, 5) is 16.3. The van der Waals surface area contributed by atoms with Crippen molar-refractivity contribution in [1.29, 1.82) is 0 Å². The molecule has 1 atom stereocenters. The van der Waals surface area contributed by atoms with Crippen molar-refractivity contribution >= 4 is 5.97 Å². The standard InChI is InChI=1S/C10H20N2O3/c1-10(2,3)15-9(13)7-14-12-8-5-4-6-11-8/h8,11-12H,4-7H2,1-3H3/t8-/m1/s1. The molecule has 1 heterocycles. The first-order chi connectivity index (χ1) is 6.97. The van der Waals surface area contributed by atoms with E-state index in [4.69, 9.17) is 9.57 Å². The van der Waals surface area contributed by atoms with Gasteiger partial charge in [0.25, 0.3) is 0 Å². The molecule has 0 radical (unpaired) electrons. The van der Waals surface area contributed by atoms with Gasteiger partial charge in [0.1, 0.15) is 5.60 Å². The Bertz CT molecular complexity index is 207. The minimum Gasteiger partial charge on any atom is -0.458 e. The minimum atomic E-state index is -0.452. The molecule has 1 aliphatic heterocycles. The number of carbonyl (C=O) groups is 1. The predicted octanol–water partition coefficient (Wildman–Crippen LogP) is 0.559.